The van der Waals surface area contributed by atoms with E-state index in [9.17, 15) is 4.57 Å². The maximum absolute atomic E-state index is 10.1. The summed E-state index contributed by atoms with van der Waals surface area (Å²) in [6.45, 7) is 1.40. The van der Waals surface area contributed by atoms with E-state index in [2.05, 4.69) is 4.99 Å². The third-order valence-electron chi connectivity index (χ3n) is 0.641. The summed E-state index contributed by atoms with van der Waals surface area (Å²) in [4.78, 5) is 19.9. The van der Waals surface area contributed by atoms with E-state index in [-0.39, 0.29) is 0 Å². The van der Waals surface area contributed by atoms with Crippen LogP contribution >= 0.6 is 7.60 Å². The highest BCUT2D eigenvalue weighted by molar-refractivity contribution is 7.52. The third-order valence-corrected chi connectivity index (χ3v) is 1.28. The lowest BCUT2D eigenvalue weighted by molar-refractivity contribution is 0.206. The number of aliphatic hydroxyl groups is 1. The first-order chi connectivity index (χ1) is 4.42. The summed E-state index contributed by atoms with van der Waals surface area (Å²) in [5.41, 5.74) is 0. The summed E-state index contributed by atoms with van der Waals surface area (Å²) in [5, 5.41) is 8.50. The summed E-state index contributed by atoms with van der Waals surface area (Å²) in [6.07, 6.45) is -0.296. The first-order valence-electron chi connectivity index (χ1n) is 2.66. The van der Waals surface area contributed by atoms with Gasteiger partial charge in [-0.2, -0.15) is 0 Å². The maximum atomic E-state index is 10.1. The van der Waals surface area contributed by atoms with E-state index >= 15 is 0 Å². The fraction of sp³-hybridized carbons (Fsp3) is 0.750. The van der Waals surface area contributed by atoms with Crippen molar-refractivity contribution in [1.29, 1.82) is 0 Å². The van der Waals surface area contributed by atoms with Crippen molar-refractivity contribution in [3.05, 3.63) is 0 Å². The maximum Gasteiger partial charge on any atom is 0.330 e. The van der Waals surface area contributed by atoms with Gasteiger partial charge in [-0.25, -0.2) is 0 Å². The Morgan fingerprint density at radius 2 is 2.20 bits per heavy atom. The molecule has 0 saturated heterocycles. The lowest BCUT2D eigenvalue weighted by Gasteiger charge is -1.97. The zero-order valence-electron chi connectivity index (χ0n) is 5.51. The van der Waals surface area contributed by atoms with Gasteiger partial charge >= 0.3 is 7.60 Å². The fourth-order valence-corrected chi connectivity index (χ4v) is 0.613. The van der Waals surface area contributed by atoms with Crippen LogP contribution < -0.4 is 0 Å². The van der Waals surface area contributed by atoms with Gasteiger partial charge in [0, 0.05) is 6.21 Å². The van der Waals surface area contributed by atoms with Gasteiger partial charge < -0.3 is 14.9 Å². The van der Waals surface area contributed by atoms with Crippen molar-refractivity contribution < 1.29 is 19.5 Å². The predicted octanol–water partition coefficient (Wildman–Crippen LogP) is -0.427. The third kappa shape index (κ3) is 7.78. The van der Waals surface area contributed by atoms with Crippen LogP contribution in [0.2, 0.25) is 0 Å². The summed E-state index contributed by atoms with van der Waals surface area (Å²) in [6, 6.07) is 0. The molecular weight excluding hydrogens is 157 g/mol. The fourth-order valence-electron chi connectivity index (χ4n) is 0.306. The number of hydrogen-bond acceptors (Lipinski definition) is 3. The molecule has 0 fully saturated rings. The summed E-state index contributed by atoms with van der Waals surface area (Å²) in [5.74, 6) is 0. The highest BCUT2D eigenvalue weighted by Gasteiger charge is 2.09. The van der Waals surface area contributed by atoms with Crippen molar-refractivity contribution in [2.24, 2.45) is 4.99 Å². The molecule has 60 valence electrons. The molecule has 0 aliphatic carbocycles. The first kappa shape index (κ1) is 9.78. The smallest absolute Gasteiger partial charge is 0.330 e. The van der Waals surface area contributed by atoms with Crippen molar-refractivity contribution in [3.63, 3.8) is 0 Å². The average Bonchev–Trinajstić information content (AvgIpc) is 1.59. The number of aliphatic imine (C=N–C) groups is 1. The lowest BCUT2D eigenvalue weighted by Crippen LogP contribution is -1.96. The zero-order chi connectivity index (χ0) is 8.20. The topological polar surface area (TPSA) is 90.1 Å². The summed E-state index contributed by atoms with van der Waals surface area (Å²) in [7, 11) is -3.98. The van der Waals surface area contributed by atoms with E-state index in [0.29, 0.717) is 0 Å². The molecular formula is C4H10NO4P. The van der Waals surface area contributed by atoms with E-state index in [0.717, 1.165) is 6.21 Å². The van der Waals surface area contributed by atoms with Crippen molar-refractivity contribution >= 4 is 13.8 Å². The molecule has 6 heteroatoms. The monoisotopic (exact) mass is 167 g/mol. The van der Waals surface area contributed by atoms with Crippen LogP contribution in [0, 0.1) is 0 Å². The Kier molecular flexibility index (Phi) is 3.75. The first-order valence-corrected chi connectivity index (χ1v) is 4.46. The molecule has 0 saturated carbocycles. The molecule has 0 rings (SSSR count). The molecule has 0 spiro atoms. The SMILES string of the molecule is CC(O)/N=C/CP(=O)(O)O. The summed E-state index contributed by atoms with van der Waals surface area (Å²) < 4.78 is 10.1. The average molecular weight is 167 g/mol. The molecule has 0 aliphatic rings. The van der Waals surface area contributed by atoms with Crippen LogP contribution in [0.5, 0.6) is 0 Å². The van der Waals surface area contributed by atoms with Gasteiger partial charge in [0.1, 0.15) is 6.23 Å². The minimum atomic E-state index is -3.98. The molecule has 5 nitrogen and oxygen atoms in total. The Balaban J connectivity index is 3.65. The minimum Gasteiger partial charge on any atom is -0.372 e. The van der Waals surface area contributed by atoms with Gasteiger partial charge in [-0.15, -0.1) is 0 Å². The van der Waals surface area contributed by atoms with Crippen molar-refractivity contribution in [3.8, 4) is 0 Å². The van der Waals surface area contributed by atoms with Crippen LogP contribution in [-0.4, -0.2) is 33.5 Å². The molecule has 0 bridgehead atoms. The van der Waals surface area contributed by atoms with E-state index in [1.807, 2.05) is 0 Å². The van der Waals surface area contributed by atoms with Gasteiger partial charge in [0.15, 0.2) is 0 Å². The van der Waals surface area contributed by atoms with Crippen molar-refractivity contribution in [1.82, 2.24) is 0 Å². The second-order valence-electron chi connectivity index (χ2n) is 1.81. The highest BCUT2D eigenvalue weighted by Crippen LogP contribution is 2.32. The summed E-state index contributed by atoms with van der Waals surface area (Å²) >= 11 is 0. The molecule has 0 aliphatic heterocycles. The minimum absolute atomic E-state index is 0.419. The molecule has 0 heterocycles. The van der Waals surface area contributed by atoms with E-state index in [1.54, 1.807) is 0 Å². The highest BCUT2D eigenvalue weighted by atomic mass is 31.2. The van der Waals surface area contributed by atoms with Crippen LogP contribution in [0.3, 0.4) is 0 Å². The standard InChI is InChI=1S/C4H10NO4P/c1-4(6)5-2-3-10(7,8)9/h2,4,6H,3H2,1H3,(H2,7,8,9)/b5-2+. The lowest BCUT2D eigenvalue weighted by atomic mass is 10.7. The van der Waals surface area contributed by atoms with Gasteiger partial charge in [-0.05, 0) is 6.92 Å². The Morgan fingerprint density at radius 3 is 2.50 bits per heavy atom. The van der Waals surface area contributed by atoms with Gasteiger partial charge in [-0.3, -0.25) is 9.56 Å². The number of rotatable bonds is 3. The van der Waals surface area contributed by atoms with Gasteiger partial charge in [0.2, 0.25) is 0 Å². The second kappa shape index (κ2) is 3.83. The quantitative estimate of drug-likeness (QED) is 0.393. The Bertz CT molecular complexity index is 161. The number of nitrogens with zero attached hydrogens (tertiary/aromatic N) is 1. The predicted molar refractivity (Wildman–Crippen MR) is 37.1 cm³/mol. The molecule has 0 amide bonds. The van der Waals surface area contributed by atoms with Gasteiger partial charge in [-0.1, -0.05) is 0 Å². The molecule has 0 radical (unpaired) electrons. The molecule has 10 heavy (non-hydrogen) atoms. The van der Waals surface area contributed by atoms with Gasteiger partial charge in [0.05, 0.1) is 6.16 Å². The van der Waals surface area contributed by atoms with E-state index < -0.39 is 20.0 Å². The second-order valence-corrected chi connectivity index (χ2v) is 3.51. The van der Waals surface area contributed by atoms with Crippen LogP contribution in [-0.2, 0) is 4.57 Å². The van der Waals surface area contributed by atoms with Gasteiger partial charge in [0.25, 0.3) is 0 Å². The largest absolute Gasteiger partial charge is 0.372 e. The van der Waals surface area contributed by atoms with E-state index in [4.69, 9.17) is 14.9 Å². The Morgan fingerprint density at radius 1 is 1.70 bits per heavy atom. The molecule has 1 unspecified atom stereocenters. The van der Waals surface area contributed by atoms with Crippen LogP contribution in [0.15, 0.2) is 4.99 Å². The molecule has 0 aromatic carbocycles. The van der Waals surface area contributed by atoms with Crippen LogP contribution in [0.1, 0.15) is 6.92 Å². The Labute approximate surface area is 58.6 Å². The number of hydrogen-bond donors (Lipinski definition) is 3. The van der Waals surface area contributed by atoms with Crippen molar-refractivity contribution in [2.45, 2.75) is 13.2 Å². The Hall–Kier alpha value is -0.220. The molecule has 0 aromatic rings. The van der Waals surface area contributed by atoms with Crippen LogP contribution in [0.25, 0.3) is 0 Å². The van der Waals surface area contributed by atoms with E-state index in [1.165, 1.54) is 6.92 Å². The van der Waals surface area contributed by atoms with Crippen molar-refractivity contribution in [2.75, 3.05) is 6.16 Å². The number of aliphatic hydroxyl groups excluding tert-OH is 1. The molecule has 3 N–H and O–H groups in total. The molecule has 1 atom stereocenters. The van der Waals surface area contributed by atoms with Crippen LogP contribution in [0.4, 0.5) is 0 Å². The normalized spacial score (nSPS) is 16.0. The molecule has 0 aromatic heterocycles. The zero-order valence-corrected chi connectivity index (χ0v) is 6.40.